The minimum atomic E-state index is -1.30. The second kappa shape index (κ2) is 8.11. The molecule has 2 aliphatic rings. The van der Waals surface area contributed by atoms with E-state index in [9.17, 15) is 19.2 Å². The van der Waals surface area contributed by atoms with E-state index in [-0.39, 0.29) is 24.8 Å². The van der Waals surface area contributed by atoms with Crippen molar-refractivity contribution >= 4 is 23.8 Å². The largest absolute Gasteiger partial charge is 0.481 e. The average molecular weight is 353 g/mol. The first kappa shape index (κ1) is 18.9. The maximum absolute atomic E-state index is 12.5. The van der Waals surface area contributed by atoms with E-state index in [0.717, 1.165) is 0 Å². The van der Waals surface area contributed by atoms with Gasteiger partial charge in [0.15, 0.2) is 0 Å². The van der Waals surface area contributed by atoms with Crippen LogP contribution >= 0.6 is 0 Å². The van der Waals surface area contributed by atoms with Crippen LogP contribution in [0.2, 0.25) is 0 Å². The van der Waals surface area contributed by atoms with E-state index in [1.165, 1.54) is 4.90 Å². The summed E-state index contributed by atoms with van der Waals surface area (Å²) in [5.41, 5.74) is 5.86. The Balaban J connectivity index is 2.09. The summed E-state index contributed by atoms with van der Waals surface area (Å²) in [4.78, 5) is 48.4. The lowest BCUT2D eigenvalue weighted by atomic mass is 10.1. The standard InChI is InChI=1S/C16H23N3O6/c17-10-4-2-1-3-9-5-7-12(19(9)15(10)23)14(22)18-11(16(24)25)6-8-13(20)21/h1-2,9-12H,3-8,17H2,(H,18,22)(H,20,21)(H,24,25)/b2-1-/t9-,10-,11-,12-/m0/s1. The second-order valence-electron chi connectivity index (χ2n) is 6.37. The highest BCUT2D eigenvalue weighted by Crippen LogP contribution is 2.29. The lowest BCUT2D eigenvalue weighted by Crippen LogP contribution is -2.56. The molecule has 0 aromatic rings. The zero-order valence-corrected chi connectivity index (χ0v) is 13.8. The van der Waals surface area contributed by atoms with E-state index in [4.69, 9.17) is 15.9 Å². The van der Waals surface area contributed by atoms with E-state index in [1.807, 2.05) is 12.2 Å². The average Bonchev–Trinajstić information content (AvgIpc) is 2.96. The molecule has 25 heavy (non-hydrogen) atoms. The Hall–Kier alpha value is -2.42. The monoisotopic (exact) mass is 353 g/mol. The molecule has 0 aromatic carbocycles. The molecule has 2 heterocycles. The fourth-order valence-electron chi connectivity index (χ4n) is 3.29. The molecule has 0 radical (unpaired) electrons. The van der Waals surface area contributed by atoms with Gasteiger partial charge >= 0.3 is 11.9 Å². The Kier molecular flexibility index (Phi) is 6.13. The number of carboxylic acids is 2. The molecule has 2 aliphatic heterocycles. The van der Waals surface area contributed by atoms with Gasteiger partial charge in [-0.2, -0.15) is 0 Å². The summed E-state index contributed by atoms with van der Waals surface area (Å²) in [6.07, 6.45) is 5.29. The second-order valence-corrected chi connectivity index (χ2v) is 6.37. The Labute approximate surface area is 144 Å². The molecule has 0 unspecified atom stereocenters. The first-order valence-electron chi connectivity index (χ1n) is 8.29. The SMILES string of the molecule is N[C@H]1C/C=C\C[C@H]2CC[C@@H](C(=O)N[C@@H](CCC(=O)O)C(=O)O)N2C1=O. The third-order valence-corrected chi connectivity index (χ3v) is 4.60. The Morgan fingerprint density at radius 2 is 1.92 bits per heavy atom. The summed E-state index contributed by atoms with van der Waals surface area (Å²) in [6, 6.07) is -2.94. The number of hydrogen-bond acceptors (Lipinski definition) is 5. The van der Waals surface area contributed by atoms with Crippen LogP contribution in [0, 0.1) is 0 Å². The van der Waals surface area contributed by atoms with Crippen LogP contribution < -0.4 is 11.1 Å². The molecular formula is C16H23N3O6. The third kappa shape index (κ3) is 4.56. The minimum Gasteiger partial charge on any atom is -0.481 e. The van der Waals surface area contributed by atoms with E-state index in [1.54, 1.807) is 0 Å². The van der Waals surface area contributed by atoms with Crippen molar-refractivity contribution in [3.8, 4) is 0 Å². The van der Waals surface area contributed by atoms with Crippen LogP contribution in [0.25, 0.3) is 0 Å². The van der Waals surface area contributed by atoms with E-state index in [0.29, 0.717) is 25.7 Å². The van der Waals surface area contributed by atoms with E-state index < -0.39 is 36.0 Å². The number of carboxylic acid groups (broad SMARTS) is 2. The van der Waals surface area contributed by atoms with Crippen molar-refractivity contribution in [2.45, 2.75) is 62.7 Å². The molecule has 1 fully saturated rings. The summed E-state index contributed by atoms with van der Waals surface area (Å²) < 4.78 is 0. The molecule has 1 saturated heterocycles. The molecule has 0 aromatic heterocycles. The van der Waals surface area contributed by atoms with Gasteiger partial charge in [-0.15, -0.1) is 0 Å². The number of rotatable bonds is 6. The van der Waals surface area contributed by atoms with Crippen molar-refractivity contribution in [2.24, 2.45) is 5.73 Å². The highest BCUT2D eigenvalue weighted by atomic mass is 16.4. The van der Waals surface area contributed by atoms with Gasteiger partial charge in [-0.25, -0.2) is 4.79 Å². The van der Waals surface area contributed by atoms with Crippen LogP contribution in [-0.4, -0.2) is 63.0 Å². The number of fused-ring (bicyclic) bond motifs is 1. The van der Waals surface area contributed by atoms with Gasteiger partial charge in [0.25, 0.3) is 0 Å². The maximum Gasteiger partial charge on any atom is 0.326 e. The molecule has 9 nitrogen and oxygen atoms in total. The smallest absolute Gasteiger partial charge is 0.326 e. The molecular weight excluding hydrogens is 330 g/mol. The van der Waals surface area contributed by atoms with Gasteiger partial charge in [-0.3, -0.25) is 14.4 Å². The first-order valence-corrected chi connectivity index (χ1v) is 8.29. The summed E-state index contributed by atoms with van der Waals surface area (Å²) in [6.45, 7) is 0. The topological polar surface area (TPSA) is 150 Å². The van der Waals surface area contributed by atoms with Gasteiger partial charge in [-0.05, 0) is 32.1 Å². The zero-order valence-electron chi connectivity index (χ0n) is 13.8. The third-order valence-electron chi connectivity index (χ3n) is 4.60. The minimum absolute atomic E-state index is 0.131. The number of amides is 2. The molecule has 5 N–H and O–H groups in total. The molecule has 9 heteroatoms. The van der Waals surface area contributed by atoms with Crippen LogP contribution in [0.5, 0.6) is 0 Å². The Morgan fingerprint density at radius 3 is 2.56 bits per heavy atom. The van der Waals surface area contributed by atoms with Crippen LogP contribution in [0.1, 0.15) is 38.5 Å². The van der Waals surface area contributed by atoms with E-state index in [2.05, 4.69) is 5.32 Å². The van der Waals surface area contributed by atoms with Gasteiger partial charge in [0.2, 0.25) is 11.8 Å². The molecule has 0 saturated carbocycles. The number of carbonyl (C=O) groups is 4. The predicted octanol–water partition coefficient (Wildman–Crippen LogP) is -0.542. The van der Waals surface area contributed by atoms with Crippen molar-refractivity contribution in [1.82, 2.24) is 10.2 Å². The normalized spacial score (nSPS) is 28.4. The molecule has 2 rings (SSSR count). The van der Waals surface area contributed by atoms with Gasteiger partial charge < -0.3 is 26.2 Å². The van der Waals surface area contributed by atoms with Crippen LogP contribution in [0.3, 0.4) is 0 Å². The lowest BCUT2D eigenvalue weighted by molar-refractivity contribution is -0.145. The molecule has 0 aliphatic carbocycles. The maximum atomic E-state index is 12.5. The van der Waals surface area contributed by atoms with Crippen molar-refractivity contribution in [3.63, 3.8) is 0 Å². The number of hydrogen-bond donors (Lipinski definition) is 4. The number of nitrogens with one attached hydrogen (secondary N) is 1. The predicted molar refractivity (Wildman–Crippen MR) is 86.4 cm³/mol. The van der Waals surface area contributed by atoms with Gasteiger partial charge in [0.1, 0.15) is 12.1 Å². The van der Waals surface area contributed by atoms with Gasteiger partial charge in [0.05, 0.1) is 6.04 Å². The summed E-state index contributed by atoms with van der Waals surface area (Å²) >= 11 is 0. The van der Waals surface area contributed by atoms with Crippen LogP contribution in [-0.2, 0) is 19.2 Å². The van der Waals surface area contributed by atoms with Crippen LogP contribution in [0.4, 0.5) is 0 Å². The van der Waals surface area contributed by atoms with E-state index >= 15 is 0 Å². The van der Waals surface area contributed by atoms with Crippen molar-refractivity contribution in [2.75, 3.05) is 0 Å². The quantitative estimate of drug-likeness (QED) is 0.468. The fourth-order valence-corrected chi connectivity index (χ4v) is 3.29. The van der Waals surface area contributed by atoms with Crippen molar-refractivity contribution in [3.05, 3.63) is 12.2 Å². The number of nitrogens with two attached hydrogens (primary N) is 1. The van der Waals surface area contributed by atoms with Gasteiger partial charge in [-0.1, -0.05) is 12.2 Å². The number of aliphatic carboxylic acids is 2. The highest BCUT2D eigenvalue weighted by molar-refractivity contribution is 5.92. The molecule has 0 bridgehead atoms. The summed E-state index contributed by atoms with van der Waals surface area (Å²) in [7, 11) is 0. The number of carbonyl (C=O) groups excluding carboxylic acids is 2. The lowest BCUT2D eigenvalue weighted by Gasteiger charge is -2.33. The Morgan fingerprint density at radius 1 is 1.24 bits per heavy atom. The first-order chi connectivity index (χ1) is 11.8. The molecule has 0 spiro atoms. The van der Waals surface area contributed by atoms with Gasteiger partial charge in [0, 0.05) is 12.5 Å². The Bertz CT molecular complexity index is 590. The zero-order chi connectivity index (χ0) is 18.6. The van der Waals surface area contributed by atoms with Crippen molar-refractivity contribution in [1.29, 1.82) is 0 Å². The van der Waals surface area contributed by atoms with Crippen molar-refractivity contribution < 1.29 is 29.4 Å². The highest BCUT2D eigenvalue weighted by Gasteiger charge is 2.42. The molecule has 4 atom stereocenters. The fraction of sp³-hybridized carbons (Fsp3) is 0.625. The summed E-state index contributed by atoms with van der Waals surface area (Å²) in [5, 5.41) is 20.2. The van der Waals surface area contributed by atoms with Crippen LogP contribution in [0.15, 0.2) is 12.2 Å². The summed E-state index contributed by atoms with van der Waals surface area (Å²) in [5.74, 6) is -3.34. The molecule has 2 amide bonds. The molecule has 138 valence electrons. The number of nitrogens with zero attached hydrogens (tertiary/aromatic N) is 1.